The van der Waals surface area contributed by atoms with Crippen LogP contribution in [0.25, 0.3) is 0 Å². The highest BCUT2D eigenvalue weighted by molar-refractivity contribution is 14.0. The van der Waals surface area contributed by atoms with Crippen LogP contribution < -0.4 is 10.2 Å². The quantitative estimate of drug-likeness (QED) is 0.342. The molecule has 1 N–H and O–H groups in total. The largest absolute Gasteiger partial charge is 0.373 e. The van der Waals surface area contributed by atoms with Gasteiger partial charge >= 0.3 is 0 Å². The second-order valence-corrected chi connectivity index (χ2v) is 8.65. The van der Waals surface area contributed by atoms with Crippen LogP contribution in [0.15, 0.2) is 52.8 Å². The summed E-state index contributed by atoms with van der Waals surface area (Å²) in [7, 11) is 0. The molecule has 0 radical (unpaired) electrons. The van der Waals surface area contributed by atoms with Crippen molar-refractivity contribution in [1.82, 2.24) is 10.2 Å². The first-order valence-electron chi connectivity index (χ1n) is 10.8. The summed E-state index contributed by atoms with van der Waals surface area (Å²) in [6.45, 7) is 8.81. The third kappa shape index (κ3) is 5.88. The van der Waals surface area contributed by atoms with Gasteiger partial charge in [0.1, 0.15) is 0 Å². The minimum atomic E-state index is 0. The topological polar surface area (TPSA) is 40.1 Å². The molecule has 4 rings (SSSR count). The van der Waals surface area contributed by atoms with Gasteiger partial charge in [0.15, 0.2) is 5.96 Å². The zero-order valence-corrected chi connectivity index (χ0v) is 20.9. The monoisotopic (exact) mass is 540 g/mol. The number of benzene rings is 1. The van der Waals surface area contributed by atoms with Crippen molar-refractivity contribution in [3.8, 4) is 0 Å². The molecular weight excluding hydrogens is 507 g/mol. The summed E-state index contributed by atoms with van der Waals surface area (Å²) in [5, 5.41) is 7.04. The number of guanidine groups is 1. The van der Waals surface area contributed by atoms with E-state index in [0.29, 0.717) is 5.92 Å². The Balaban J connectivity index is 0.00000256. The summed E-state index contributed by atoms with van der Waals surface area (Å²) in [5.41, 5.74) is 1.28. The van der Waals surface area contributed by atoms with E-state index >= 15 is 0 Å². The molecule has 5 nitrogen and oxygen atoms in total. The number of thiophene rings is 1. The lowest BCUT2D eigenvalue weighted by molar-refractivity contribution is -0.0250. The van der Waals surface area contributed by atoms with Crippen LogP contribution in [0.4, 0.5) is 5.00 Å². The highest BCUT2D eigenvalue weighted by Crippen LogP contribution is 2.33. The molecule has 3 heterocycles. The maximum absolute atomic E-state index is 6.16. The second-order valence-electron chi connectivity index (χ2n) is 7.72. The van der Waals surface area contributed by atoms with Crippen molar-refractivity contribution in [2.45, 2.75) is 25.9 Å². The Morgan fingerprint density at radius 1 is 1.13 bits per heavy atom. The Morgan fingerprint density at radius 2 is 1.93 bits per heavy atom. The highest BCUT2D eigenvalue weighted by atomic mass is 127. The molecule has 0 spiro atoms. The average molecular weight is 541 g/mol. The number of anilines is 1. The van der Waals surface area contributed by atoms with Gasteiger partial charge in [-0.25, -0.2) is 0 Å². The SMILES string of the molecule is CCNC(=NCC1CCCOC1c1ccccc1)N1CCN(c2cccs2)CC1.I. The average Bonchev–Trinajstić information content (AvgIpc) is 3.33. The lowest BCUT2D eigenvalue weighted by Gasteiger charge is -2.37. The van der Waals surface area contributed by atoms with Crippen molar-refractivity contribution in [3.05, 3.63) is 53.4 Å². The Morgan fingerprint density at radius 3 is 2.63 bits per heavy atom. The lowest BCUT2D eigenvalue weighted by Crippen LogP contribution is -2.52. The lowest BCUT2D eigenvalue weighted by atomic mass is 9.89. The minimum absolute atomic E-state index is 0. The summed E-state index contributed by atoms with van der Waals surface area (Å²) in [5.74, 6) is 1.49. The standard InChI is InChI=1S/C23H32N4OS.HI/c1-2-24-23(27-14-12-26(13-15-27)21-11-7-17-29-21)25-18-20-10-6-16-28-22(20)19-8-4-3-5-9-19;/h3-5,7-9,11,17,20,22H,2,6,10,12-16,18H2,1H3,(H,24,25);1H. The van der Waals surface area contributed by atoms with Gasteiger partial charge in [0.2, 0.25) is 0 Å². The van der Waals surface area contributed by atoms with Gasteiger partial charge in [-0.05, 0) is 42.8 Å². The maximum Gasteiger partial charge on any atom is 0.194 e. The number of nitrogens with zero attached hydrogens (tertiary/aromatic N) is 3. The number of rotatable bonds is 5. The zero-order valence-electron chi connectivity index (χ0n) is 17.7. The molecule has 30 heavy (non-hydrogen) atoms. The van der Waals surface area contributed by atoms with Crippen molar-refractivity contribution in [3.63, 3.8) is 0 Å². The molecule has 1 aromatic heterocycles. The van der Waals surface area contributed by atoms with E-state index in [4.69, 9.17) is 9.73 Å². The van der Waals surface area contributed by atoms with Crippen LogP contribution >= 0.6 is 35.3 Å². The number of aliphatic imine (C=N–C) groups is 1. The van der Waals surface area contributed by atoms with Crippen LogP contribution in [0, 0.1) is 5.92 Å². The Hall–Kier alpha value is -1.32. The Labute approximate surface area is 201 Å². The number of hydrogen-bond donors (Lipinski definition) is 1. The molecule has 2 atom stereocenters. The molecule has 2 fully saturated rings. The molecule has 2 aliphatic rings. The van der Waals surface area contributed by atoms with Crippen LogP contribution in [0.2, 0.25) is 0 Å². The van der Waals surface area contributed by atoms with Gasteiger partial charge in [0, 0.05) is 51.8 Å². The molecule has 164 valence electrons. The summed E-state index contributed by atoms with van der Waals surface area (Å²) < 4.78 is 6.16. The maximum atomic E-state index is 6.16. The first-order valence-corrected chi connectivity index (χ1v) is 11.7. The smallest absolute Gasteiger partial charge is 0.194 e. The zero-order chi connectivity index (χ0) is 19.9. The van der Waals surface area contributed by atoms with Gasteiger partial charge in [-0.1, -0.05) is 30.3 Å². The minimum Gasteiger partial charge on any atom is -0.373 e. The normalized spacial score (nSPS) is 22.5. The summed E-state index contributed by atoms with van der Waals surface area (Å²) in [6, 6.07) is 15.0. The van der Waals surface area contributed by atoms with E-state index in [1.807, 2.05) is 11.3 Å². The first kappa shape index (κ1) is 23.3. The van der Waals surface area contributed by atoms with Crippen LogP contribution in [-0.4, -0.2) is 56.7 Å². The van der Waals surface area contributed by atoms with E-state index < -0.39 is 0 Å². The number of hydrogen-bond acceptors (Lipinski definition) is 4. The Bertz CT molecular complexity index is 763. The van der Waals surface area contributed by atoms with Crippen molar-refractivity contribution >= 4 is 46.3 Å². The van der Waals surface area contributed by atoms with Crippen molar-refractivity contribution in [2.75, 3.05) is 50.8 Å². The molecule has 7 heteroatoms. The third-order valence-electron chi connectivity index (χ3n) is 5.78. The van der Waals surface area contributed by atoms with Gasteiger partial charge < -0.3 is 19.9 Å². The number of halogens is 1. The second kappa shape index (κ2) is 11.9. The molecule has 2 aromatic rings. The summed E-state index contributed by atoms with van der Waals surface area (Å²) in [6.07, 6.45) is 2.46. The molecule has 0 aliphatic carbocycles. The van der Waals surface area contributed by atoms with Gasteiger partial charge in [0.25, 0.3) is 0 Å². The fraction of sp³-hybridized carbons (Fsp3) is 0.522. The van der Waals surface area contributed by atoms with Gasteiger partial charge in [0.05, 0.1) is 11.1 Å². The molecule has 2 unspecified atom stereocenters. The van der Waals surface area contributed by atoms with Crippen molar-refractivity contribution in [2.24, 2.45) is 10.9 Å². The van der Waals surface area contributed by atoms with E-state index in [0.717, 1.165) is 58.3 Å². The Kier molecular flexibility index (Phi) is 9.27. The van der Waals surface area contributed by atoms with Crippen LogP contribution in [0.1, 0.15) is 31.4 Å². The van der Waals surface area contributed by atoms with E-state index in [-0.39, 0.29) is 30.1 Å². The first-order chi connectivity index (χ1) is 14.3. The molecule has 0 amide bonds. The summed E-state index contributed by atoms with van der Waals surface area (Å²) in [4.78, 5) is 9.95. The van der Waals surface area contributed by atoms with Gasteiger partial charge in [-0.2, -0.15) is 0 Å². The van der Waals surface area contributed by atoms with Crippen LogP contribution in [0.5, 0.6) is 0 Å². The summed E-state index contributed by atoms with van der Waals surface area (Å²) >= 11 is 1.82. The third-order valence-corrected chi connectivity index (χ3v) is 6.71. The van der Waals surface area contributed by atoms with E-state index in [9.17, 15) is 0 Å². The predicted octanol–water partition coefficient (Wildman–Crippen LogP) is 4.62. The van der Waals surface area contributed by atoms with E-state index in [1.54, 1.807) is 0 Å². The van der Waals surface area contributed by atoms with E-state index in [1.165, 1.54) is 17.0 Å². The van der Waals surface area contributed by atoms with Crippen molar-refractivity contribution in [1.29, 1.82) is 0 Å². The van der Waals surface area contributed by atoms with Crippen LogP contribution in [-0.2, 0) is 4.74 Å². The predicted molar refractivity (Wildman–Crippen MR) is 137 cm³/mol. The number of piperazine rings is 1. The molecule has 1 aromatic carbocycles. The molecule has 0 bridgehead atoms. The van der Waals surface area contributed by atoms with Gasteiger partial charge in [-0.15, -0.1) is 35.3 Å². The van der Waals surface area contributed by atoms with Crippen LogP contribution in [0.3, 0.4) is 0 Å². The van der Waals surface area contributed by atoms with E-state index in [2.05, 4.69) is 69.9 Å². The number of ether oxygens (including phenoxy) is 1. The molecule has 0 saturated carbocycles. The molecule has 2 saturated heterocycles. The molecule has 2 aliphatic heterocycles. The fourth-order valence-corrected chi connectivity index (χ4v) is 5.04. The fourth-order valence-electron chi connectivity index (χ4n) is 4.26. The number of nitrogens with one attached hydrogen (secondary N) is 1. The highest BCUT2D eigenvalue weighted by Gasteiger charge is 2.28. The van der Waals surface area contributed by atoms with Gasteiger partial charge in [-0.3, -0.25) is 4.99 Å². The van der Waals surface area contributed by atoms with Crippen molar-refractivity contribution < 1.29 is 4.74 Å². The molecular formula is C23H33IN4OS.